The highest BCUT2D eigenvalue weighted by molar-refractivity contribution is 5.77. The van der Waals surface area contributed by atoms with Crippen molar-refractivity contribution in [1.82, 2.24) is 5.32 Å². The van der Waals surface area contributed by atoms with Gasteiger partial charge in [0.1, 0.15) is 0 Å². The van der Waals surface area contributed by atoms with Crippen LogP contribution in [0.15, 0.2) is 12.7 Å². The third kappa shape index (κ3) is 7.34. The van der Waals surface area contributed by atoms with Gasteiger partial charge in [-0.1, -0.05) is 13.0 Å². The van der Waals surface area contributed by atoms with E-state index in [1.807, 2.05) is 0 Å². The van der Waals surface area contributed by atoms with E-state index in [9.17, 15) is 9.59 Å². The minimum Gasteiger partial charge on any atom is -0.481 e. The molecule has 0 rings (SSSR count). The fourth-order valence-corrected chi connectivity index (χ4v) is 1.07. The Kier molecular flexibility index (Phi) is 6.45. The van der Waals surface area contributed by atoms with Crippen LogP contribution in [0, 0.1) is 5.92 Å². The predicted molar refractivity (Wildman–Crippen MR) is 53.9 cm³/mol. The summed E-state index contributed by atoms with van der Waals surface area (Å²) in [7, 11) is 0. The second kappa shape index (κ2) is 7.12. The fraction of sp³-hybridized carbons (Fsp3) is 0.600. The van der Waals surface area contributed by atoms with Gasteiger partial charge in [0.25, 0.3) is 0 Å². The van der Waals surface area contributed by atoms with E-state index in [0.29, 0.717) is 6.54 Å². The van der Waals surface area contributed by atoms with Crippen LogP contribution < -0.4 is 5.32 Å². The van der Waals surface area contributed by atoms with Crippen LogP contribution in [0.3, 0.4) is 0 Å². The molecule has 0 aromatic carbocycles. The van der Waals surface area contributed by atoms with Gasteiger partial charge in [-0.3, -0.25) is 9.59 Å². The Hall–Kier alpha value is -1.32. The van der Waals surface area contributed by atoms with Crippen molar-refractivity contribution in [3.63, 3.8) is 0 Å². The number of hydrogen-bond donors (Lipinski definition) is 2. The van der Waals surface area contributed by atoms with E-state index in [-0.39, 0.29) is 24.7 Å². The molecule has 0 aromatic heterocycles. The zero-order valence-electron chi connectivity index (χ0n) is 8.45. The average molecular weight is 199 g/mol. The number of aliphatic carboxylic acids is 1. The molecule has 4 nitrogen and oxygen atoms in total. The lowest BCUT2D eigenvalue weighted by Crippen LogP contribution is -2.26. The lowest BCUT2D eigenvalue weighted by Gasteiger charge is -2.08. The number of nitrogens with one attached hydrogen (secondary N) is 1. The minimum absolute atomic E-state index is 0.0366. The summed E-state index contributed by atoms with van der Waals surface area (Å²) < 4.78 is 0. The van der Waals surface area contributed by atoms with Crippen molar-refractivity contribution in [2.24, 2.45) is 5.92 Å². The molecule has 0 heterocycles. The molecule has 0 aliphatic carbocycles. The lowest BCUT2D eigenvalue weighted by atomic mass is 10.0. The van der Waals surface area contributed by atoms with Gasteiger partial charge >= 0.3 is 5.97 Å². The molecule has 0 aromatic rings. The number of amides is 1. The van der Waals surface area contributed by atoms with E-state index in [4.69, 9.17) is 5.11 Å². The maximum atomic E-state index is 11.2. The van der Waals surface area contributed by atoms with Gasteiger partial charge in [0, 0.05) is 19.4 Å². The first-order chi connectivity index (χ1) is 6.56. The number of carbonyl (C=O) groups is 2. The van der Waals surface area contributed by atoms with Crippen LogP contribution in [0.4, 0.5) is 0 Å². The second-order valence-corrected chi connectivity index (χ2v) is 3.33. The predicted octanol–water partition coefficient (Wildman–Crippen LogP) is 1.18. The number of hydrogen-bond acceptors (Lipinski definition) is 2. The molecule has 1 amide bonds. The first kappa shape index (κ1) is 12.7. The van der Waals surface area contributed by atoms with Crippen LogP contribution in [-0.4, -0.2) is 23.5 Å². The molecular weight excluding hydrogens is 182 g/mol. The van der Waals surface area contributed by atoms with Crippen LogP contribution in [0.5, 0.6) is 0 Å². The first-order valence-corrected chi connectivity index (χ1v) is 4.65. The van der Waals surface area contributed by atoms with E-state index < -0.39 is 5.97 Å². The van der Waals surface area contributed by atoms with Gasteiger partial charge in [0.2, 0.25) is 5.91 Å². The molecule has 0 spiro atoms. The molecule has 1 unspecified atom stereocenters. The first-order valence-electron chi connectivity index (χ1n) is 4.65. The molecule has 0 saturated carbocycles. The van der Waals surface area contributed by atoms with Gasteiger partial charge in [-0.15, -0.1) is 6.58 Å². The van der Waals surface area contributed by atoms with E-state index in [0.717, 1.165) is 6.42 Å². The van der Waals surface area contributed by atoms with Gasteiger partial charge in [-0.2, -0.15) is 0 Å². The number of carbonyl (C=O) groups excluding carboxylic acids is 1. The summed E-state index contributed by atoms with van der Waals surface area (Å²) in [6.07, 6.45) is 2.76. The molecule has 0 saturated heterocycles. The molecular formula is C10H17NO3. The zero-order valence-corrected chi connectivity index (χ0v) is 8.45. The average Bonchev–Trinajstić information content (AvgIpc) is 2.02. The van der Waals surface area contributed by atoms with Gasteiger partial charge in [0.05, 0.1) is 0 Å². The van der Waals surface area contributed by atoms with Gasteiger partial charge in [-0.25, -0.2) is 0 Å². The second-order valence-electron chi connectivity index (χ2n) is 3.33. The normalized spacial score (nSPS) is 11.8. The minimum atomic E-state index is -0.864. The largest absolute Gasteiger partial charge is 0.481 e. The quantitative estimate of drug-likeness (QED) is 0.478. The standard InChI is InChI=1S/C10H17NO3/c1-3-4-5-11-9(12)6-8(2)7-10(13)14/h3,8H,1,4-7H2,2H3,(H,11,12)(H,13,14). The van der Waals surface area contributed by atoms with Crippen molar-refractivity contribution >= 4 is 11.9 Å². The summed E-state index contributed by atoms with van der Waals surface area (Å²) in [6, 6.07) is 0. The lowest BCUT2D eigenvalue weighted by molar-refractivity contribution is -0.138. The molecule has 0 aliphatic rings. The summed E-state index contributed by atoms with van der Waals surface area (Å²) in [6.45, 7) is 5.85. The van der Waals surface area contributed by atoms with Crippen LogP contribution in [0.25, 0.3) is 0 Å². The molecule has 0 fully saturated rings. The highest BCUT2D eigenvalue weighted by Crippen LogP contribution is 2.06. The Balaban J connectivity index is 3.60. The third-order valence-corrected chi connectivity index (χ3v) is 1.73. The Morgan fingerprint density at radius 1 is 1.50 bits per heavy atom. The monoisotopic (exact) mass is 199 g/mol. The van der Waals surface area contributed by atoms with Crippen LogP contribution in [0.2, 0.25) is 0 Å². The summed E-state index contributed by atoms with van der Waals surface area (Å²) in [5.41, 5.74) is 0. The van der Waals surface area contributed by atoms with Crippen molar-refractivity contribution in [2.45, 2.75) is 26.2 Å². The highest BCUT2D eigenvalue weighted by atomic mass is 16.4. The Labute approximate surface area is 84.0 Å². The van der Waals surface area contributed by atoms with Crippen molar-refractivity contribution < 1.29 is 14.7 Å². The molecule has 4 heteroatoms. The van der Waals surface area contributed by atoms with E-state index >= 15 is 0 Å². The molecule has 0 bridgehead atoms. The maximum absolute atomic E-state index is 11.2. The SMILES string of the molecule is C=CCCNC(=O)CC(C)CC(=O)O. The van der Waals surface area contributed by atoms with Crippen LogP contribution in [-0.2, 0) is 9.59 Å². The van der Waals surface area contributed by atoms with Crippen molar-refractivity contribution in [1.29, 1.82) is 0 Å². The number of carboxylic acid groups (broad SMARTS) is 1. The highest BCUT2D eigenvalue weighted by Gasteiger charge is 2.11. The van der Waals surface area contributed by atoms with Gasteiger partial charge in [0.15, 0.2) is 0 Å². The van der Waals surface area contributed by atoms with Gasteiger partial charge in [-0.05, 0) is 12.3 Å². The summed E-state index contributed by atoms with van der Waals surface area (Å²) in [5, 5.41) is 11.2. The smallest absolute Gasteiger partial charge is 0.303 e. The summed E-state index contributed by atoms with van der Waals surface area (Å²) in [4.78, 5) is 21.5. The molecule has 80 valence electrons. The third-order valence-electron chi connectivity index (χ3n) is 1.73. The maximum Gasteiger partial charge on any atom is 0.303 e. The fourth-order valence-electron chi connectivity index (χ4n) is 1.07. The van der Waals surface area contributed by atoms with Crippen molar-refractivity contribution in [2.75, 3.05) is 6.54 Å². The molecule has 14 heavy (non-hydrogen) atoms. The number of rotatable bonds is 7. The molecule has 0 radical (unpaired) electrons. The van der Waals surface area contributed by atoms with Crippen molar-refractivity contribution in [3.05, 3.63) is 12.7 Å². The van der Waals surface area contributed by atoms with E-state index in [1.54, 1.807) is 13.0 Å². The van der Waals surface area contributed by atoms with Crippen LogP contribution >= 0.6 is 0 Å². The Morgan fingerprint density at radius 2 is 2.14 bits per heavy atom. The molecule has 2 N–H and O–H groups in total. The molecule has 0 aliphatic heterocycles. The van der Waals surface area contributed by atoms with Crippen LogP contribution in [0.1, 0.15) is 26.2 Å². The van der Waals surface area contributed by atoms with E-state index in [1.165, 1.54) is 0 Å². The summed E-state index contributed by atoms with van der Waals surface area (Å²) in [5.74, 6) is -1.08. The zero-order chi connectivity index (χ0) is 11.0. The topological polar surface area (TPSA) is 66.4 Å². The summed E-state index contributed by atoms with van der Waals surface area (Å²) >= 11 is 0. The van der Waals surface area contributed by atoms with Gasteiger partial charge < -0.3 is 10.4 Å². The van der Waals surface area contributed by atoms with Crippen molar-refractivity contribution in [3.8, 4) is 0 Å². The number of carboxylic acids is 1. The van der Waals surface area contributed by atoms with E-state index in [2.05, 4.69) is 11.9 Å². The molecule has 1 atom stereocenters. The Bertz CT molecular complexity index is 213. The Morgan fingerprint density at radius 3 is 2.64 bits per heavy atom.